The van der Waals surface area contributed by atoms with Gasteiger partial charge in [0.15, 0.2) is 0 Å². The number of nitrogens with one attached hydrogen (secondary N) is 2. The number of carbonyl (C=O) groups is 1. The van der Waals surface area contributed by atoms with Gasteiger partial charge in [0, 0.05) is 24.5 Å². The van der Waals surface area contributed by atoms with Gasteiger partial charge in [-0.2, -0.15) is 0 Å². The molecule has 2 rings (SSSR count). The molecular formula is C15H23BrN4O2. The van der Waals surface area contributed by atoms with E-state index in [0.29, 0.717) is 12.0 Å². The highest BCUT2D eigenvalue weighted by atomic mass is 79.9. The van der Waals surface area contributed by atoms with Crippen LogP contribution < -0.4 is 10.6 Å². The number of carbonyl (C=O) groups excluding carboxylic acids is 1. The molecule has 2 N–H and O–H groups in total. The van der Waals surface area contributed by atoms with Gasteiger partial charge >= 0.3 is 6.09 Å². The van der Waals surface area contributed by atoms with E-state index in [1.54, 1.807) is 12.4 Å². The summed E-state index contributed by atoms with van der Waals surface area (Å²) in [6.07, 6.45) is 6.91. The van der Waals surface area contributed by atoms with Crippen molar-refractivity contribution in [3.8, 4) is 0 Å². The minimum atomic E-state index is -0.457. The van der Waals surface area contributed by atoms with E-state index in [2.05, 4.69) is 36.5 Å². The third kappa shape index (κ3) is 5.79. The number of alkyl carbamates (subject to hydrolysis) is 1. The fourth-order valence-electron chi connectivity index (χ4n) is 2.43. The lowest BCUT2D eigenvalue weighted by molar-refractivity contribution is 0.0492. The van der Waals surface area contributed by atoms with Gasteiger partial charge in [0.2, 0.25) is 5.95 Å². The van der Waals surface area contributed by atoms with E-state index in [-0.39, 0.29) is 12.1 Å². The topological polar surface area (TPSA) is 76.1 Å². The number of aromatic nitrogens is 2. The molecule has 1 aromatic rings. The molecule has 122 valence electrons. The largest absolute Gasteiger partial charge is 0.444 e. The van der Waals surface area contributed by atoms with E-state index in [9.17, 15) is 4.79 Å². The number of rotatable bonds is 3. The van der Waals surface area contributed by atoms with Crippen molar-refractivity contribution in [2.75, 3.05) is 5.32 Å². The van der Waals surface area contributed by atoms with E-state index in [1.807, 2.05) is 20.8 Å². The molecule has 1 aliphatic rings. The molecule has 22 heavy (non-hydrogen) atoms. The van der Waals surface area contributed by atoms with Gasteiger partial charge in [-0.3, -0.25) is 0 Å². The molecule has 0 spiro atoms. The molecule has 1 aliphatic carbocycles. The lowest BCUT2D eigenvalue weighted by Crippen LogP contribution is -2.42. The Kier molecular flexibility index (Phi) is 5.61. The van der Waals surface area contributed by atoms with Gasteiger partial charge in [-0.15, -0.1) is 0 Å². The first kappa shape index (κ1) is 17.0. The van der Waals surface area contributed by atoms with Crippen LogP contribution in [0.15, 0.2) is 16.9 Å². The van der Waals surface area contributed by atoms with Crippen LogP contribution in [0, 0.1) is 0 Å². The Morgan fingerprint density at radius 2 is 1.73 bits per heavy atom. The van der Waals surface area contributed by atoms with Crippen LogP contribution in [0.4, 0.5) is 10.7 Å². The Hall–Kier alpha value is -1.37. The second-order valence-corrected chi connectivity index (χ2v) is 7.48. The zero-order valence-corrected chi connectivity index (χ0v) is 14.8. The Balaban J connectivity index is 1.73. The third-order valence-electron chi connectivity index (χ3n) is 3.40. The number of hydrogen-bond donors (Lipinski definition) is 2. The minimum absolute atomic E-state index is 0.179. The van der Waals surface area contributed by atoms with E-state index in [0.717, 1.165) is 30.2 Å². The number of nitrogens with zero attached hydrogens (tertiary/aromatic N) is 2. The molecule has 1 aromatic heterocycles. The number of halogens is 1. The van der Waals surface area contributed by atoms with E-state index in [4.69, 9.17) is 4.74 Å². The molecule has 0 atom stereocenters. The molecule has 0 aliphatic heterocycles. The molecule has 1 amide bonds. The van der Waals surface area contributed by atoms with Crippen molar-refractivity contribution in [1.29, 1.82) is 0 Å². The zero-order valence-electron chi connectivity index (χ0n) is 13.2. The highest BCUT2D eigenvalue weighted by molar-refractivity contribution is 9.10. The molecule has 7 heteroatoms. The average molecular weight is 371 g/mol. The van der Waals surface area contributed by atoms with Crippen molar-refractivity contribution < 1.29 is 9.53 Å². The normalized spacial score (nSPS) is 22.0. The molecule has 0 saturated heterocycles. The fourth-order valence-corrected chi connectivity index (χ4v) is 2.63. The average Bonchev–Trinajstić information content (AvgIpc) is 2.41. The maximum atomic E-state index is 11.8. The summed E-state index contributed by atoms with van der Waals surface area (Å²) < 4.78 is 6.15. The van der Waals surface area contributed by atoms with Crippen molar-refractivity contribution in [3.63, 3.8) is 0 Å². The van der Waals surface area contributed by atoms with Crippen LogP contribution in [-0.2, 0) is 4.74 Å². The second kappa shape index (κ2) is 7.26. The van der Waals surface area contributed by atoms with Gasteiger partial charge in [-0.1, -0.05) is 0 Å². The summed E-state index contributed by atoms with van der Waals surface area (Å²) in [5.41, 5.74) is -0.457. The molecular weight excluding hydrogens is 348 g/mol. The summed E-state index contributed by atoms with van der Waals surface area (Å²) in [5, 5.41) is 6.27. The van der Waals surface area contributed by atoms with E-state index >= 15 is 0 Å². The van der Waals surface area contributed by atoms with Gasteiger partial charge in [0.1, 0.15) is 5.60 Å². The smallest absolute Gasteiger partial charge is 0.407 e. The lowest BCUT2D eigenvalue weighted by Gasteiger charge is -2.30. The lowest BCUT2D eigenvalue weighted by atomic mass is 9.91. The zero-order chi connectivity index (χ0) is 16.2. The summed E-state index contributed by atoms with van der Waals surface area (Å²) in [6, 6.07) is 0.525. The van der Waals surface area contributed by atoms with Gasteiger partial charge in [0.25, 0.3) is 0 Å². The van der Waals surface area contributed by atoms with Crippen LogP contribution in [-0.4, -0.2) is 33.7 Å². The Bertz CT molecular complexity index is 493. The van der Waals surface area contributed by atoms with Crippen molar-refractivity contribution in [2.24, 2.45) is 0 Å². The van der Waals surface area contributed by atoms with Crippen LogP contribution in [0.5, 0.6) is 0 Å². The van der Waals surface area contributed by atoms with Crippen molar-refractivity contribution in [1.82, 2.24) is 15.3 Å². The Morgan fingerprint density at radius 1 is 1.18 bits per heavy atom. The maximum Gasteiger partial charge on any atom is 0.407 e. The molecule has 0 bridgehead atoms. The van der Waals surface area contributed by atoms with E-state index in [1.165, 1.54) is 0 Å². The summed E-state index contributed by atoms with van der Waals surface area (Å²) in [7, 11) is 0. The van der Waals surface area contributed by atoms with Crippen LogP contribution in [0.25, 0.3) is 0 Å². The summed E-state index contributed by atoms with van der Waals surface area (Å²) in [4.78, 5) is 20.2. The molecule has 1 heterocycles. The highest BCUT2D eigenvalue weighted by Gasteiger charge is 2.25. The predicted octanol–water partition coefficient (Wildman–Crippen LogP) is 3.49. The maximum absolute atomic E-state index is 11.8. The SMILES string of the molecule is CC(C)(C)OC(=O)N[C@H]1CC[C@H](Nc2ncc(Br)cn2)CC1. The number of ether oxygens (including phenoxy) is 1. The quantitative estimate of drug-likeness (QED) is 0.851. The molecule has 0 aromatic carbocycles. The molecule has 0 unspecified atom stereocenters. The van der Waals surface area contributed by atoms with Crippen LogP contribution in [0.1, 0.15) is 46.5 Å². The van der Waals surface area contributed by atoms with Crippen molar-refractivity contribution in [2.45, 2.75) is 64.1 Å². The van der Waals surface area contributed by atoms with Gasteiger partial charge in [-0.05, 0) is 62.4 Å². The first-order valence-corrected chi connectivity index (χ1v) is 8.35. The number of amides is 1. The van der Waals surface area contributed by atoms with Gasteiger partial charge in [-0.25, -0.2) is 14.8 Å². The van der Waals surface area contributed by atoms with Crippen molar-refractivity contribution >= 4 is 28.0 Å². The van der Waals surface area contributed by atoms with Crippen molar-refractivity contribution in [3.05, 3.63) is 16.9 Å². The molecule has 1 saturated carbocycles. The van der Waals surface area contributed by atoms with E-state index < -0.39 is 5.60 Å². The standard InChI is InChI=1S/C15H23BrN4O2/c1-15(2,3)22-14(21)20-12-6-4-11(5-7-12)19-13-17-8-10(16)9-18-13/h8-9,11-12H,4-7H2,1-3H3,(H,20,21)(H,17,18,19)/t11-,12-. The van der Waals surface area contributed by atoms with Crippen LogP contribution in [0.2, 0.25) is 0 Å². The summed E-state index contributed by atoms with van der Waals surface area (Å²) in [6.45, 7) is 5.60. The number of hydrogen-bond acceptors (Lipinski definition) is 5. The molecule has 1 fully saturated rings. The summed E-state index contributed by atoms with van der Waals surface area (Å²) in [5.74, 6) is 0.645. The molecule has 0 radical (unpaired) electrons. The number of anilines is 1. The minimum Gasteiger partial charge on any atom is -0.444 e. The Morgan fingerprint density at radius 3 is 2.27 bits per heavy atom. The first-order valence-electron chi connectivity index (χ1n) is 7.55. The summed E-state index contributed by atoms with van der Waals surface area (Å²) >= 11 is 3.32. The van der Waals surface area contributed by atoms with Gasteiger partial charge in [0.05, 0.1) is 4.47 Å². The highest BCUT2D eigenvalue weighted by Crippen LogP contribution is 2.21. The third-order valence-corrected chi connectivity index (χ3v) is 3.81. The molecule has 6 nitrogen and oxygen atoms in total. The second-order valence-electron chi connectivity index (χ2n) is 6.56. The van der Waals surface area contributed by atoms with Crippen LogP contribution >= 0.6 is 15.9 Å². The fraction of sp³-hybridized carbons (Fsp3) is 0.667. The first-order chi connectivity index (χ1) is 10.3. The van der Waals surface area contributed by atoms with Gasteiger partial charge < -0.3 is 15.4 Å². The monoisotopic (exact) mass is 370 g/mol. The van der Waals surface area contributed by atoms with Crippen LogP contribution in [0.3, 0.4) is 0 Å². The Labute approximate surface area is 139 Å². The predicted molar refractivity (Wildman–Crippen MR) is 88.8 cm³/mol.